The third-order valence-corrected chi connectivity index (χ3v) is 4.70. The van der Waals surface area contributed by atoms with Gasteiger partial charge in [0.05, 0.1) is 12.5 Å². The van der Waals surface area contributed by atoms with Crippen molar-refractivity contribution >= 4 is 5.91 Å². The number of fused-ring (bicyclic) bond motifs is 1. The SMILES string of the molecule is O=C(C1CCCN(CC(F)(F)F)C1)N1CCc2ccccc2C1. The Balaban J connectivity index is 1.62. The number of alkyl halides is 3. The Bertz CT molecular complexity index is 573. The molecule has 6 heteroatoms. The van der Waals surface area contributed by atoms with Crippen LogP contribution in [0.1, 0.15) is 24.0 Å². The van der Waals surface area contributed by atoms with Crippen molar-refractivity contribution in [3.8, 4) is 0 Å². The first-order valence-electron chi connectivity index (χ1n) is 8.07. The average Bonchev–Trinajstić information content (AvgIpc) is 2.52. The molecular formula is C17H21F3N2O. The Kier molecular flexibility index (Phi) is 4.62. The molecule has 0 spiro atoms. The zero-order valence-corrected chi connectivity index (χ0v) is 13.0. The van der Waals surface area contributed by atoms with Gasteiger partial charge in [0.1, 0.15) is 0 Å². The molecule has 1 atom stereocenters. The van der Waals surface area contributed by atoms with E-state index >= 15 is 0 Å². The number of rotatable bonds is 2. The molecular weight excluding hydrogens is 305 g/mol. The van der Waals surface area contributed by atoms with E-state index in [0.29, 0.717) is 32.5 Å². The number of piperidine rings is 1. The minimum absolute atomic E-state index is 0.00591. The number of halogens is 3. The fourth-order valence-electron chi connectivity index (χ4n) is 3.60. The summed E-state index contributed by atoms with van der Waals surface area (Å²) in [4.78, 5) is 15.9. The lowest BCUT2D eigenvalue weighted by Crippen LogP contribution is -2.48. The van der Waals surface area contributed by atoms with Crippen LogP contribution in [0.2, 0.25) is 0 Å². The molecule has 1 aromatic carbocycles. The van der Waals surface area contributed by atoms with Gasteiger partial charge in [-0.3, -0.25) is 9.69 Å². The van der Waals surface area contributed by atoms with Gasteiger partial charge in [-0.25, -0.2) is 0 Å². The molecule has 0 radical (unpaired) electrons. The van der Waals surface area contributed by atoms with Gasteiger partial charge < -0.3 is 4.90 Å². The molecule has 0 aromatic heterocycles. The normalized spacial score (nSPS) is 22.7. The third kappa shape index (κ3) is 4.05. The molecule has 1 amide bonds. The van der Waals surface area contributed by atoms with E-state index in [1.165, 1.54) is 10.5 Å². The highest BCUT2D eigenvalue weighted by Gasteiger charge is 2.36. The van der Waals surface area contributed by atoms with E-state index < -0.39 is 12.7 Å². The van der Waals surface area contributed by atoms with Crippen LogP contribution >= 0.6 is 0 Å². The standard InChI is InChI=1S/C17H21F3N2O/c18-17(19,20)12-21-8-3-6-15(10-21)16(23)22-9-7-13-4-1-2-5-14(13)11-22/h1-2,4-5,15H,3,6-12H2. The number of hydrogen-bond acceptors (Lipinski definition) is 2. The summed E-state index contributed by atoms with van der Waals surface area (Å²) in [6.45, 7) is 0.957. The first-order valence-corrected chi connectivity index (χ1v) is 8.07. The Morgan fingerprint density at radius 2 is 1.91 bits per heavy atom. The maximum absolute atomic E-state index is 12.7. The largest absolute Gasteiger partial charge is 0.401 e. The molecule has 0 aliphatic carbocycles. The van der Waals surface area contributed by atoms with Crippen LogP contribution in [0.3, 0.4) is 0 Å². The number of nitrogens with zero attached hydrogens (tertiary/aromatic N) is 2. The summed E-state index contributed by atoms with van der Waals surface area (Å²) in [5.74, 6) is -0.303. The van der Waals surface area contributed by atoms with Gasteiger partial charge in [-0.1, -0.05) is 24.3 Å². The minimum atomic E-state index is -4.20. The molecule has 2 aliphatic heterocycles. The van der Waals surface area contributed by atoms with Crippen LogP contribution in [-0.4, -0.2) is 48.1 Å². The highest BCUT2D eigenvalue weighted by molar-refractivity contribution is 5.79. The Hall–Kier alpha value is -1.56. The number of carbonyl (C=O) groups excluding carboxylic acids is 1. The van der Waals surface area contributed by atoms with Crippen molar-refractivity contribution in [3.63, 3.8) is 0 Å². The van der Waals surface area contributed by atoms with Crippen molar-refractivity contribution in [2.75, 3.05) is 26.2 Å². The van der Waals surface area contributed by atoms with E-state index in [0.717, 1.165) is 12.0 Å². The Morgan fingerprint density at radius 3 is 2.65 bits per heavy atom. The van der Waals surface area contributed by atoms with E-state index in [4.69, 9.17) is 0 Å². The predicted octanol–water partition coefficient (Wildman–Crippen LogP) is 2.85. The van der Waals surface area contributed by atoms with Crippen molar-refractivity contribution in [1.82, 2.24) is 9.80 Å². The van der Waals surface area contributed by atoms with Gasteiger partial charge in [0.2, 0.25) is 5.91 Å². The monoisotopic (exact) mass is 326 g/mol. The van der Waals surface area contributed by atoms with Gasteiger partial charge in [-0.2, -0.15) is 13.2 Å². The van der Waals surface area contributed by atoms with Crippen molar-refractivity contribution in [2.24, 2.45) is 5.92 Å². The second-order valence-electron chi connectivity index (χ2n) is 6.47. The molecule has 1 saturated heterocycles. The molecule has 126 valence electrons. The first-order chi connectivity index (χ1) is 10.9. The number of hydrogen-bond donors (Lipinski definition) is 0. The maximum atomic E-state index is 12.7. The lowest BCUT2D eigenvalue weighted by Gasteiger charge is -2.36. The van der Waals surface area contributed by atoms with E-state index in [9.17, 15) is 18.0 Å². The van der Waals surface area contributed by atoms with Crippen molar-refractivity contribution < 1.29 is 18.0 Å². The summed E-state index contributed by atoms with van der Waals surface area (Å²) < 4.78 is 37.7. The minimum Gasteiger partial charge on any atom is -0.338 e. The topological polar surface area (TPSA) is 23.6 Å². The highest BCUT2D eigenvalue weighted by atomic mass is 19.4. The fraction of sp³-hybridized carbons (Fsp3) is 0.588. The molecule has 1 fully saturated rings. The molecule has 3 rings (SSSR count). The molecule has 2 heterocycles. The van der Waals surface area contributed by atoms with Crippen LogP contribution in [0.5, 0.6) is 0 Å². The summed E-state index contributed by atoms with van der Waals surface area (Å²) in [6, 6.07) is 8.04. The van der Waals surface area contributed by atoms with Gasteiger partial charge >= 0.3 is 6.18 Å². The van der Waals surface area contributed by atoms with Gasteiger partial charge in [0, 0.05) is 19.6 Å². The van der Waals surface area contributed by atoms with E-state index in [1.807, 2.05) is 23.1 Å². The smallest absolute Gasteiger partial charge is 0.338 e. The Labute approximate surface area is 134 Å². The zero-order chi connectivity index (χ0) is 16.4. The van der Waals surface area contributed by atoms with E-state index in [2.05, 4.69) is 6.07 Å². The highest BCUT2D eigenvalue weighted by Crippen LogP contribution is 2.26. The van der Waals surface area contributed by atoms with Crippen LogP contribution in [0.15, 0.2) is 24.3 Å². The zero-order valence-electron chi connectivity index (χ0n) is 13.0. The third-order valence-electron chi connectivity index (χ3n) is 4.70. The molecule has 0 bridgehead atoms. The number of benzene rings is 1. The van der Waals surface area contributed by atoms with Crippen LogP contribution < -0.4 is 0 Å². The summed E-state index contributed by atoms with van der Waals surface area (Å²) in [7, 11) is 0. The van der Waals surface area contributed by atoms with Crippen LogP contribution in [0.4, 0.5) is 13.2 Å². The quantitative estimate of drug-likeness (QED) is 0.834. The number of amides is 1. The average molecular weight is 326 g/mol. The van der Waals surface area contributed by atoms with Crippen molar-refractivity contribution in [1.29, 1.82) is 0 Å². The molecule has 3 nitrogen and oxygen atoms in total. The van der Waals surface area contributed by atoms with Crippen molar-refractivity contribution in [3.05, 3.63) is 35.4 Å². The molecule has 23 heavy (non-hydrogen) atoms. The van der Waals surface area contributed by atoms with E-state index in [-0.39, 0.29) is 18.4 Å². The predicted molar refractivity (Wildman–Crippen MR) is 80.8 cm³/mol. The molecule has 1 unspecified atom stereocenters. The van der Waals surface area contributed by atoms with Gasteiger partial charge in [-0.05, 0) is 36.9 Å². The maximum Gasteiger partial charge on any atom is 0.401 e. The summed E-state index contributed by atoms with van der Waals surface area (Å²) in [5.41, 5.74) is 2.41. The summed E-state index contributed by atoms with van der Waals surface area (Å²) in [5, 5.41) is 0. The Morgan fingerprint density at radius 1 is 1.17 bits per heavy atom. The fourth-order valence-corrected chi connectivity index (χ4v) is 3.60. The van der Waals surface area contributed by atoms with Crippen molar-refractivity contribution in [2.45, 2.75) is 32.0 Å². The second-order valence-corrected chi connectivity index (χ2v) is 6.47. The lowest BCUT2D eigenvalue weighted by atomic mass is 9.94. The van der Waals surface area contributed by atoms with Gasteiger partial charge in [0.15, 0.2) is 0 Å². The summed E-state index contributed by atoms with van der Waals surface area (Å²) >= 11 is 0. The van der Waals surface area contributed by atoms with Crippen LogP contribution in [-0.2, 0) is 17.8 Å². The molecule has 2 aliphatic rings. The lowest BCUT2D eigenvalue weighted by molar-refractivity contribution is -0.154. The molecule has 0 saturated carbocycles. The molecule has 1 aromatic rings. The van der Waals surface area contributed by atoms with Gasteiger partial charge in [-0.15, -0.1) is 0 Å². The second kappa shape index (κ2) is 6.51. The summed E-state index contributed by atoms with van der Waals surface area (Å²) in [6.07, 6.45) is -2.04. The van der Waals surface area contributed by atoms with Crippen LogP contribution in [0.25, 0.3) is 0 Å². The molecule has 0 N–H and O–H groups in total. The van der Waals surface area contributed by atoms with Crippen LogP contribution in [0, 0.1) is 5.92 Å². The number of carbonyl (C=O) groups is 1. The van der Waals surface area contributed by atoms with Gasteiger partial charge in [0.25, 0.3) is 0 Å². The first kappa shape index (κ1) is 16.3. The number of likely N-dealkylation sites (tertiary alicyclic amines) is 1. The van der Waals surface area contributed by atoms with E-state index in [1.54, 1.807) is 0 Å².